The Morgan fingerprint density at radius 2 is 2.43 bits per heavy atom. The van der Waals surface area contributed by atoms with Crippen molar-refractivity contribution in [3.63, 3.8) is 0 Å². The molecule has 2 rings (SSSR count). The van der Waals surface area contributed by atoms with Gasteiger partial charge in [0.25, 0.3) is 0 Å². The molecule has 14 heavy (non-hydrogen) atoms. The monoisotopic (exact) mass is 228 g/mol. The molecule has 0 radical (unpaired) electrons. The number of thiophene rings is 1. The summed E-state index contributed by atoms with van der Waals surface area (Å²) in [5.74, 6) is 0.840. The van der Waals surface area contributed by atoms with Crippen molar-refractivity contribution in [2.45, 2.75) is 13.1 Å². The molecule has 0 saturated carbocycles. The Kier molecular flexibility index (Phi) is 3.18. The summed E-state index contributed by atoms with van der Waals surface area (Å²) in [5.41, 5.74) is 0. The van der Waals surface area contributed by atoms with Crippen LogP contribution in [0, 0.1) is 0 Å². The fraction of sp³-hybridized carbons (Fsp3) is 0.222. The summed E-state index contributed by atoms with van der Waals surface area (Å²) >= 11 is 7.44. The molecule has 3 nitrogen and oxygen atoms in total. The predicted octanol–water partition coefficient (Wildman–Crippen LogP) is 2.68. The minimum Gasteiger partial charge on any atom is -0.360 e. The lowest BCUT2D eigenvalue weighted by atomic mass is 10.4. The van der Waals surface area contributed by atoms with Crippen LogP contribution in [0.3, 0.4) is 0 Å². The van der Waals surface area contributed by atoms with Crippen LogP contribution in [0.25, 0.3) is 0 Å². The molecule has 0 aromatic carbocycles. The van der Waals surface area contributed by atoms with Crippen LogP contribution in [-0.2, 0) is 13.1 Å². The first-order valence-electron chi connectivity index (χ1n) is 4.18. The molecule has 1 N–H and O–H groups in total. The molecule has 0 atom stereocenters. The summed E-state index contributed by atoms with van der Waals surface area (Å²) in [5, 5.41) is 9.58. The Morgan fingerprint density at radius 1 is 1.50 bits per heavy atom. The molecule has 0 aliphatic heterocycles. The third-order valence-corrected chi connectivity index (χ3v) is 3.00. The minimum absolute atomic E-state index is 0.690. The van der Waals surface area contributed by atoms with Crippen molar-refractivity contribution in [3.05, 3.63) is 39.4 Å². The maximum Gasteiger partial charge on any atom is 0.150 e. The van der Waals surface area contributed by atoms with Crippen LogP contribution in [0.2, 0.25) is 5.02 Å². The van der Waals surface area contributed by atoms with Gasteiger partial charge in [0.1, 0.15) is 5.76 Å². The fourth-order valence-electron chi connectivity index (χ4n) is 1.09. The van der Waals surface area contributed by atoms with Crippen molar-refractivity contribution >= 4 is 22.9 Å². The summed E-state index contributed by atoms with van der Waals surface area (Å²) < 4.78 is 4.94. The number of hydrogen-bond acceptors (Lipinski definition) is 4. The van der Waals surface area contributed by atoms with Gasteiger partial charge in [-0.1, -0.05) is 16.8 Å². The number of aromatic nitrogens is 1. The number of nitrogens with one attached hydrogen (secondary N) is 1. The highest BCUT2D eigenvalue weighted by molar-refractivity contribution is 7.10. The molecule has 0 unspecified atom stereocenters. The van der Waals surface area contributed by atoms with E-state index in [0.29, 0.717) is 6.54 Å². The molecule has 2 aromatic heterocycles. The van der Waals surface area contributed by atoms with Crippen LogP contribution in [0.4, 0.5) is 0 Å². The summed E-state index contributed by atoms with van der Waals surface area (Å²) in [7, 11) is 0. The summed E-state index contributed by atoms with van der Waals surface area (Å²) in [6.07, 6.45) is 1.64. The molecule has 0 amide bonds. The Labute approximate surface area is 90.7 Å². The maximum absolute atomic E-state index is 5.79. The van der Waals surface area contributed by atoms with E-state index in [9.17, 15) is 0 Å². The van der Waals surface area contributed by atoms with Gasteiger partial charge in [0.2, 0.25) is 0 Å². The van der Waals surface area contributed by atoms with Gasteiger partial charge < -0.3 is 9.84 Å². The van der Waals surface area contributed by atoms with E-state index < -0.39 is 0 Å². The zero-order valence-corrected chi connectivity index (χ0v) is 8.94. The van der Waals surface area contributed by atoms with Crippen molar-refractivity contribution in [1.82, 2.24) is 10.5 Å². The lowest BCUT2D eigenvalue weighted by Crippen LogP contribution is -2.10. The second-order valence-electron chi connectivity index (χ2n) is 2.81. The highest BCUT2D eigenvalue weighted by Crippen LogP contribution is 2.18. The smallest absolute Gasteiger partial charge is 0.150 e. The normalized spacial score (nSPS) is 10.6. The standard InChI is InChI=1S/C9H9ClN2OS/c10-7-3-9(14-6-7)5-11-4-8-1-2-12-13-8/h1-3,6,11H,4-5H2. The van der Waals surface area contributed by atoms with E-state index in [1.807, 2.05) is 17.5 Å². The van der Waals surface area contributed by atoms with Crippen LogP contribution >= 0.6 is 22.9 Å². The second kappa shape index (κ2) is 4.59. The maximum atomic E-state index is 5.79. The summed E-state index contributed by atoms with van der Waals surface area (Å²) in [4.78, 5) is 1.22. The van der Waals surface area contributed by atoms with Gasteiger partial charge in [-0.05, 0) is 6.07 Å². The quantitative estimate of drug-likeness (QED) is 0.875. The number of rotatable bonds is 4. The van der Waals surface area contributed by atoms with E-state index in [1.165, 1.54) is 4.88 Å². The molecule has 0 aliphatic carbocycles. The molecule has 0 aliphatic rings. The fourth-order valence-corrected chi connectivity index (χ4v) is 2.13. The van der Waals surface area contributed by atoms with Crippen molar-refractivity contribution in [2.75, 3.05) is 0 Å². The highest BCUT2D eigenvalue weighted by Gasteiger charge is 1.99. The van der Waals surface area contributed by atoms with E-state index in [4.69, 9.17) is 16.1 Å². The highest BCUT2D eigenvalue weighted by atomic mass is 35.5. The van der Waals surface area contributed by atoms with Crippen molar-refractivity contribution in [2.24, 2.45) is 0 Å². The van der Waals surface area contributed by atoms with Crippen molar-refractivity contribution in [1.29, 1.82) is 0 Å². The van der Waals surface area contributed by atoms with Crippen molar-refractivity contribution < 1.29 is 4.52 Å². The molecule has 0 saturated heterocycles. The van der Waals surface area contributed by atoms with Crippen LogP contribution in [-0.4, -0.2) is 5.16 Å². The Bertz CT molecular complexity index is 385. The molecule has 5 heteroatoms. The molecule has 74 valence electrons. The Balaban J connectivity index is 1.78. The first-order chi connectivity index (χ1) is 6.84. The molecule has 2 heterocycles. The zero-order valence-electron chi connectivity index (χ0n) is 7.37. The van der Waals surface area contributed by atoms with E-state index >= 15 is 0 Å². The topological polar surface area (TPSA) is 38.1 Å². The minimum atomic E-state index is 0.690. The summed E-state index contributed by atoms with van der Waals surface area (Å²) in [6.45, 7) is 1.49. The third kappa shape index (κ3) is 2.57. The lowest BCUT2D eigenvalue weighted by Gasteiger charge is -1.98. The molecule has 0 bridgehead atoms. The number of nitrogens with zero attached hydrogens (tertiary/aromatic N) is 1. The molecular formula is C9H9ClN2OS. The van der Waals surface area contributed by atoms with Crippen LogP contribution < -0.4 is 5.32 Å². The van der Waals surface area contributed by atoms with Crippen LogP contribution in [0.1, 0.15) is 10.6 Å². The van der Waals surface area contributed by atoms with Gasteiger partial charge in [0.05, 0.1) is 17.8 Å². The van der Waals surface area contributed by atoms with Crippen LogP contribution in [0.5, 0.6) is 0 Å². The average molecular weight is 229 g/mol. The van der Waals surface area contributed by atoms with E-state index in [0.717, 1.165) is 17.3 Å². The molecular weight excluding hydrogens is 220 g/mol. The Hall–Kier alpha value is -0.840. The largest absolute Gasteiger partial charge is 0.360 e. The molecule has 0 spiro atoms. The second-order valence-corrected chi connectivity index (χ2v) is 4.25. The van der Waals surface area contributed by atoms with Gasteiger partial charge >= 0.3 is 0 Å². The Morgan fingerprint density at radius 3 is 3.07 bits per heavy atom. The number of halogens is 1. The van der Waals surface area contributed by atoms with Gasteiger partial charge in [-0.15, -0.1) is 11.3 Å². The third-order valence-electron chi connectivity index (χ3n) is 1.71. The SMILES string of the molecule is Clc1csc(CNCc2ccno2)c1. The van der Waals surface area contributed by atoms with Crippen molar-refractivity contribution in [3.8, 4) is 0 Å². The number of hydrogen-bond donors (Lipinski definition) is 1. The lowest BCUT2D eigenvalue weighted by molar-refractivity contribution is 0.373. The van der Waals surface area contributed by atoms with Gasteiger partial charge in [0, 0.05) is 22.9 Å². The predicted molar refractivity (Wildman–Crippen MR) is 56.4 cm³/mol. The van der Waals surface area contributed by atoms with E-state index in [2.05, 4.69) is 10.5 Å². The molecule has 0 fully saturated rings. The van der Waals surface area contributed by atoms with Gasteiger partial charge in [-0.3, -0.25) is 0 Å². The first kappa shape index (κ1) is 9.71. The van der Waals surface area contributed by atoms with Crippen LogP contribution in [0.15, 0.2) is 28.2 Å². The van der Waals surface area contributed by atoms with Gasteiger partial charge in [-0.25, -0.2) is 0 Å². The summed E-state index contributed by atoms with van der Waals surface area (Å²) in [6, 6.07) is 3.80. The van der Waals surface area contributed by atoms with E-state index in [-0.39, 0.29) is 0 Å². The van der Waals surface area contributed by atoms with Gasteiger partial charge in [0.15, 0.2) is 0 Å². The first-order valence-corrected chi connectivity index (χ1v) is 5.43. The zero-order chi connectivity index (χ0) is 9.80. The van der Waals surface area contributed by atoms with Gasteiger partial charge in [-0.2, -0.15) is 0 Å². The molecule has 2 aromatic rings. The van der Waals surface area contributed by atoms with E-state index in [1.54, 1.807) is 17.5 Å². The average Bonchev–Trinajstić information content (AvgIpc) is 2.77.